The lowest BCUT2D eigenvalue weighted by Gasteiger charge is -2.10. The van der Waals surface area contributed by atoms with Gasteiger partial charge in [-0.1, -0.05) is 23.6 Å². The van der Waals surface area contributed by atoms with Crippen LogP contribution in [0.4, 0.5) is 4.79 Å². The van der Waals surface area contributed by atoms with E-state index in [0.29, 0.717) is 13.2 Å². The maximum absolute atomic E-state index is 11.2. The van der Waals surface area contributed by atoms with E-state index in [9.17, 15) is 4.79 Å². The van der Waals surface area contributed by atoms with E-state index in [4.69, 9.17) is 11.2 Å². The molecule has 0 radical (unpaired) electrons. The molecule has 4 nitrogen and oxygen atoms in total. The number of amides is 2. The molecule has 0 unspecified atom stereocenters. The Hall–Kier alpha value is -2.15. The number of aryl methyl sites for hydroxylation is 2. The average Bonchev–Trinajstić information content (AvgIpc) is 2.34. The summed E-state index contributed by atoms with van der Waals surface area (Å²) < 4.78 is 5.56. The first-order valence-electron chi connectivity index (χ1n) is 5.78. The minimum Gasteiger partial charge on any atom is -0.491 e. The monoisotopic (exact) mass is 246 g/mol. The Balaban J connectivity index is 2.26. The molecule has 0 saturated heterocycles. The van der Waals surface area contributed by atoms with Gasteiger partial charge in [0.1, 0.15) is 12.4 Å². The summed E-state index contributed by atoms with van der Waals surface area (Å²) in [5.74, 6) is 3.16. The second-order valence-corrected chi connectivity index (χ2v) is 3.93. The number of carbonyl (C=O) groups is 1. The van der Waals surface area contributed by atoms with Crippen LogP contribution in [0.25, 0.3) is 0 Å². The number of benzene rings is 1. The largest absolute Gasteiger partial charge is 0.491 e. The Labute approximate surface area is 108 Å². The molecule has 0 atom stereocenters. The molecular weight excluding hydrogens is 228 g/mol. The van der Waals surface area contributed by atoms with Crippen molar-refractivity contribution in [2.75, 3.05) is 19.7 Å². The SMILES string of the molecule is C#CCNC(=O)NCCOc1ccc(C)cc1C. The molecule has 0 saturated carbocycles. The van der Waals surface area contributed by atoms with Crippen molar-refractivity contribution >= 4 is 6.03 Å². The molecule has 18 heavy (non-hydrogen) atoms. The van der Waals surface area contributed by atoms with Crippen LogP contribution in [0.1, 0.15) is 11.1 Å². The van der Waals surface area contributed by atoms with E-state index >= 15 is 0 Å². The molecule has 0 bridgehead atoms. The molecule has 4 heteroatoms. The zero-order valence-corrected chi connectivity index (χ0v) is 10.7. The molecule has 0 fully saturated rings. The number of rotatable bonds is 5. The molecule has 0 aliphatic rings. The lowest BCUT2D eigenvalue weighted by Crippen LogP contribution is -2.37. The highest BCUT2D eigenvalue weighted by molar-refractivity contribution is 5.74. The molecular formula is C14H18N2O2. The van der Waals surface area contributed by atoms with Gasteiger partial charge in [0.05, 0.1) is 13.1 Å². The average molecular weight is 246 g/mol. The molecule has 0 aliphatic carbocycles. The van der Waals surface area contributed by atoms with Crippen LogP contribution in [0.3, 0.4) is 0 Å². The van der Waals surface area contributed by atoms with Crippen molar-refractivity contribution < 1.29 is 9.53 Å². The summed E-state index contributed by atoms with van der Waals surface area (Å²) in [7, 11) is 0. The van der Waals surface area contributed by atoms with Gasteiger partial charge < -0.3 is 15.4 Å². The topological polar surface area (TPSA) is 50.4 Å². The minimum absolute atomic E-state index is 0.226. The van der Waals surface area contributed by atoms with Crippen molar-refractivity contribution in [3.8, 4) is 18.1 Å². The van der Waals surface area contributed by atoms with Gasteiger partial charge in [-0.3, -0.25) is 0 Å². The van der Waals surface area contributed by atoms with E-state index in [1.807, 2.05) is 26.0 Å². The molecule has 2 amide bonds. The molecule has 1 aromatic carbocycles. The van der Waals surface area contributed by atoms with Crippen LogP contribution in [0.2, 0.25) is 0 Å². The van der Waals surface area contributed by atoms with Gasteiger partial charge in [-0.25, -0.2) is 4.79 Å². The Morgan fingerprint density at radius 1 is 1.39 bits per heavy atom. The van der Waals surface area contributed by atoms with E-state index < -0.39 is 0 Å². The van der Waals surface area contributed by atoms with Crippen molar-refractivity contribution in [3.63, 3.8) is 0 Å². The van der Waals surface area contributed by atoms with Gasteiger partial charge in [0, 0.05) is 0 Å². The van der Waals surface area contributed by atoms with Gasteiger partial charge in [0.2, 0.25) is 0 Å². The first-order chi connectivity index (χ1) is 8.63. The van der Waals surface area contributed by atoms with Gasteiger partial charge in [-0.2, -0.15) is 0 Å². The van der Waals surface area contributed by atoms with Gasteiger partial charge in [-0.15, -0.1) is 6.42 Å². The zero-order valence-electron chi connectivity index (χ0n) is 10.7. The lowest BCUT2D eigenvalue weighted by atomic mass is 10.1. The van der Waals surface area contributed by atoms with Crippen LogP contribution in [-0.4, -0.2) is 25.7 Å². The number of ether oxygens (including phenoxy) is 1. The van der Waals surface area contributed by atoms with Gasteiger partial charge >= 0.3 is 6.03 Å². The highest BCUT2D eigenvalue weighted by Crippen LogP contribution is 2.18. The third kappa shape index (κ3) is 4.79. The fraction of sp³-hybridized carbons (Fsp3) is 0.357. The van der Waals surface area contributed by atoms with E-state index in [2.05, 4.69) is 22.6 Å². The molecule has 0 aromatic heterocycles. The lowest BCUT2D eigenvalue weighted by molar-refractivity contribution is 0.237. The molecule has 2 N–H and O–H groups in total. The fourth-order valence-corrected chi connectivity index (χ4v) is 1.48. The van der Waals surface area contributed by atoms with E-state index in [-0.39, 0.29) is 12.6 Å². The second kappa shape index (κ2) is 7.23. The molecule has 0 aliphatic heterocycles. The highest BCUT2D eigenvalue weighted by atomic mass is 16.5. The molecule has 96 valence electrons. The third-order valence-corrected chi connectivity index (χ3v) is 2.33. The Kier molecular flexibility index (Phi) is 5.59. The van der Waals surface area contributed by atoms with Crippen LogP contribution in [0, 0.1) is 26.2 Å². The summed E-state index contributed by atoms with van der Waals surface area (Å²) in [6.45, 7) is 5.12. The van der Waals surface area contributed by atoms with Crippen molar-refractivity contribution in [1.82, 2.24) is 10.6 Å². The number of hydrogen-bond donors (Lipinski definition) is 2. The molecule has 0 spiro atoms. The quantitative estimate of drug-likeness (QED) is 0.612. The van der Waals surface area contributed by atoms with Gasteiger partial charge in [0.25, 0.3) is 0 Å². The number of hydrogen-bond acceptors (Lipinski definition) is 2. The number of terminal acetylenes is 1. The van der Waals surface area contributed by atoms with E-state index in [0.717, 1.165) is 11.3 Å². The Morgan fingerprint density at radius 2 is 2.17 bits per heavy atom. The van der Waals surface area contributed by atoms with Crippen LogP contribution < -0.4 is 15.4 Å². The normalized spacial score (nSPS) is 9.39. The smallest absolute Gasteiger partial charge is 0.315 e. The van der Waals surface area contributed by atoms with Crippen molar-refractivity contribution in [1.29, 1.82) is 0 Å². The molecule has 1 aromatic rings. The second-order valence-electron chi connectivity index (χ2n) is 3.93. The Morgan fingerprint density at radius 3 is 2.83 bits per heavy atom. The van der Waals surface area contributed by atoms with Gasteiger partial charge in [0.15, 0.2) is 0 Å². The Bertz CT molecular complexity index is 450. The van der Waals surface area contributed by atoms with Crippen LogP contribution in [0.5, 0.6) is 5.75 Å². The number of carbonyl (C=O) groups excluding carboxylic acids is 1. The predicted octanol–water partition coefficient (Wildman–Crippen LogP) is 1.61. The predicted molar refractivity (Wildman–Crippen MR) is 71.6 cm³/mol. The highest BCUT2D eigenvalue weighted by Gasteiger charge is 2.00. The summed E-state index contributed by atoms with van der Waals surface area (Å²) >= 11 is 0. The third-order valence-electron chi connectivity index (χ3n) is 2.33. The summed E-state index contributed by atoms with van der Waals surface area (Å²) in [5.41, 5.74) is 2.29. The standard InChI is InChI=1S/C14H18N2O2/c1-4-7-15-14(17)16-8-9-18-13-6-5-11(2)10-12(13)3/h1,5-6,10H,7-9H2,2-3H3,(H2,15,16,17). The zero-order chi connectivity index (χ0) is 13.4. The number of nitrogens with one attached hydrogen (secondary N) is 2. The molecule has 0 heterocycles. The first-order valence-corrected chi connectivity index (χ1v) is 5.78. The first kappa shape index (κ1) is 13.9. The van der Waals surface area contributed by atoms with Crippen molar-refractivity contribution in [3.05, 3.63) is 29.3 Å². The fourth-order valence-electron chi connectivity index (χ4n) is 1.48. The van der Waals surface area contributed by atoms with Crippen molar-refractivity contribution in [2.24, 2.45) is 0 Å². The van der Waals surface area contributed by atoms with E-state index in [1.165, 1.54) is 5.56 Å². The van der Waals surface area contributed by atoms with Crippen LogP contribution in [-0.2, 0) is 0 Å². The maximum Gasteiger partial charge on any atom is 0.315 e. The van der Waals surface area contributed by atoms with Crippen LogP contribution in [0.15, 0.2) is 18.2 Å². The maximum atomic E-state index is 11.2. The van der Waals surface area contributed by atoms with Gasteiger partial charge in [-0.05, 0) is 25.5 Å². The summed E-state index contributed by atoms with van der Waals surface area (Å²) in [4.78, 5) is 11.2. The minimum atomic E-state index is -0.280. The van der Waals surface area contributed by atoms with Crippen LogP contribution >= 0.6 is 0 Å². The van der Waals surface area contributed by atoms with Crippen molar-refractivity contribution in [2.45, 2.75) is 13.8 Å². The van der Waals surface area contributed by atoms with E-state index in [1.54, 1.807) is 0 Å². The summed E-state index contributed by atoms with van der Waals surface area (Å²) in [6.07, 6.45) is 5.02. The summed E-state index contributed by atoms with van der Waals surface area (Å²) in [5, 5.41) is 5.16. The number of urea groups is 1. The molecule has 1 rings (SSSR count). The summed E-state index contributed by atoms with van der Waals surface area (Å²) in [6, 6.07) is 5.71.